The number of hydrogen-bond acceptors (Lipinski definition) is 2. The minimum atomic E-state index is -3.18. The molecule has 0 aromatic rings. The fourth-order valence-corrected chi connectivity index (χ4v) is 8.09. The van der Waals surface area contributed by atoms with Gasteiger partial charge in [0.15, 0.2) is 0 Å². The monoisotopic (exact) mass is 333 g/mol. The van der Waals surface area contributed by atoms with E-state index in [2.05, 4.69) is 18.6 Å². The molecule has 0 spiro atoms. The van der Waals surface area contributed by atoms with E-state index in [1.165, 1.54) is 19.3 Å². The minimum absolute atomic E-state index is 0.164. The molecule has 2 atom stereocenters. The Kier molecular flexibility index (Phi) is 3.91. The summed E-state index contributed by atoms with van der Waals surface area (Å²) in [4.78, 5) is 0. The van der Waals surface area contributed by atoms with Gasteiger partial charge in [0.1, 0.15) is 0 Å². The number of sulfonamides is 1. The lowest BCUT2D eigenvalue weighted by Crippen LogP contribution is -2.65. The summed E-state index contributed by atoms with van der Waals surface area (Å²) in [5.74, 6) is 1.47. The van der Waals surface area contributed by atoms with Gasteiger partial charge in [0.25, 0.3) is 0 Å². The van der Waals surface area contributed by atoms with E-state index in [9.17, 15) is 8.42 Å². The maximum absolute atomic E-state index is 12.4. The van der Waals surface area contributed by atoms with Crippen LogP contribution in [0.25, 0.3) is 0 Å². The normalized spacial score (nSPS) is 45.2. The van der Waals surface area contributed by atoms with Crippen molar-refractivity contribution in [1.29, 1.82) is 0 Å². The van der Waals surface area contributed by atoms with Crippen molar-refractivity contribution in [3.63, 3.8) is 0 Å². The Morgan fingerprint density at radius 1 is 1.05 bits per heavy atom. The van der Waals surface area contributed by atoms with Crippen molar-refractivity contribution in [1.82, 2.24) is 4.72 Å². The summed E-state index contributed by atoms with van der Waals surface area (Å²) in [5.41, 5.74) is 0.516. The van der Waals surface area contributed by atoms with Gasteiger partial charge in [-0.15, -0.1) is 11.6 Å². The van der Waals surface area contributed by atoms with E-state index in [1.807, 2.05) is 0 Å². The molecule has 4 fully saturated rings. The highest BCUT2D eigenvalue weighted by atomic mass is 35.5. The fourth-order valence-electron chi connectivity index (χ4n) is 6.33. The van der Waals surface area contributed by atoms with Gasteiger partial charge >= 0.3 is 0 Å². The maximum atomic E-state index is 12.4. The summed E-state index contributed by atoms with van der Waals surface area (Å²) in [6.45, 7) is 4.73. The van der Waals surface area contributed by atoms with Crippen LogP contribution in [0, 0.1) is 16.7 Å². The summed E-state index contributed by atoms with van der Waals surface area (Å²) >= 11 is 5.65. The molecule has 21 heavy (non-hydrogen) atoms. The van der Waals surface area contributed by atoms with Gasteiger partial charge in [0, 0.05) is 11.4 Å². The van der Waals surface area contributed by atoms with E-state index in [1.54, 1.807) is 0 Å². The molecule has 4 bridgehead atoms. The highest BCUT2D eigenvalue weighted by Gasteiger charge is 2.60. The van der Waals surface area contributed by atoms with E-state index < -0.39 is 10.0 Å². The first-order valence-electron chi connectivity index (χ1n) is 8.25. The third kappa shape index (κ3) is 3.28. The van der Waals surface area contributed by atoms with E-state index in [0.717, 1.165) is 25.7 Å². The summed E-state index contributed by atoms with van der Waals surface area (Å²) in [5, 5.41) is 0. The van der Waals surface area contributed by atoms with Crippen molar-refractivity contribution in [3.05, 3.63) is 0 Å². The maximum Gasteiger partial charge on any atom is 0.212 e. The van der Waals surface area contributed by atoms with Crippen LogP contribution in [-0.2, 0) is 10.0 Å². The molecule has 0 aromatic heterocycles. The first kappa shape index (κ1) is 16.1. The molecule has 0 aliphatic heterocycles. The zero-order valence-corrected chi connectivity index (χ0v) is 14.8. The Balaban J connectivity index is 1.76. The predicted molar refractivity (Wildman–Crippen MR) is 87.0 cm³/mol. The van der Waals surface area contributed by atoms with Gasteiger partial charge in [-0.3, -0.25) is 0 Å². The number of halogens is 1. The quantitative estimate of drug-likeness (QED) is 0.595. The molecule has 4 aliphatic rings. The highest BCUT2D eigenvalue weighted by Crippen LogP contribution is 2.66. The number of rotatable bonds is 6. The Morgan fingerprint density at radius 3 is 2.19 bits per heavy atom. The number of nitrogens with one attached hydrogen (secondary N) is 1. The van der Waals surface area contributed by atoms with Gasteiger partial charge in [-0.25, -0.2) is 13.1 Å². The molecule has 4 aliphatic carbocycles. The van der Waals surface area contributed by atoms with Crippen LogP contribution in [0.1, 0.15) is 65.2 Å². The molecule has 0 amide bonds. The van der Waals surface area contributed by atoms with Gasteiger partial charge in [0.2, 0.25) is 10.0 Å². The second kappa shape index (κ2) is 5.10. The summed E-state index contributed by atoms with van der Waals surface area (Å²) < 4.78 is 28.0. The molecular formula is C16H28ClNO2S. The first-order valence-corrected chi connectivity index (χ1v) is 10.4. The van der Waals surface area contributed by atoms with Crippen LogP contribution in [0.5, 0.6) is 0 Å². The minimum Gasteiger partial charge on any atom is -0.212 e. The molecule has 1 N–H and O–H groups in total. The van der Waals surface area contributed by atoms with E-state index in [0.29, 0.717) is 29.0 Å². The standard InChI is InChI=1S/C16H28ClNO2S/c1-14-7-13-8-15(2,10-14)12-16(9-13,11-14)18-21(19,20)6-4-3-5-17/h13,18H,3-12H2,1-2H3. The Hall–Kier alpha value is 0.200. The SMILES string of the molecule is CC12CC3CC(C)(C1)CC(NS(=O)(=O)CCCCCl)(C3)C2. The van der Waals surface area contributed by atoms with Crippen molar-refractivity contribution in [2.45, 2.75) is 70.8 Å². The number of hydrogen-bond donors (Lipinski definition) is 1. The molecular weight excluding hydrogens is 306 g/mol. The molecule has 122 valence electrons. The van der Waals surface area contributed by atoms with Crippen LogP contribution >= 0.6 is 11.6 Å². The molecule has 0 saturated heterocycles. The van der Waals surface area contributed by atoms with Crippen LogP contribution in [0.15, 0.2) is 0 Å². The fraction of sp³-hybridized carbons (Fsp3) is 1.00. The van der Waals surface area contributed by atoms with Crippen molar-refractivity contribution < 1.29 is 8.42 Å². The molecule has 3 nitrogen and oxygen atoms in total. The molecule has 0 heterocycles. The van der Waals surface area contributed by atoms with Gasteiger partial charge < -0.3 is 0 Å². The van der Waals surface area contributed by atoms with Gasteiger partial charge in [0.05, 0.1) is 5.75 Å². The molecule has 4 rings (SSSR count). The highest BCUT2D eigenvalue weighted by molar-refractivity contribution is 7.89. The van der Waals surface area contributed by atoms with Crippen molar-refractivity contribution in [2.24, 2.45) is 16.7 Å². The topological polar surface area (TPSA) is 46.2 Å². The van der Waals surface area contributed by atoms with Crippen LogP contribution in [-0.4, -0.2) is 25.6 Å². The molecule has 0 aromatic carbocycles. The Bertz CT molecular complexity index is 500. The predicted octanol–water partition coefficient (Wildman–Crippen LogP) is 3.67. The second-order valence-electron chi connectivity index (χ2n) is 8.73. The summed E-state index contributed by atoms with van der Waals surface area (Å²) in [7, 11) is -3.18. The van der Waals surface area contributed by atoms with E-state index in [-0.39, 0.29) is 11.3 Å². The van der Waals surface area contributed by atoms with E-state index >= 15 is 0 Å². The van der Waals surface area contributed by atoms with Crippen LogP contribution in [0.3, 0.4) is 0 Å². The third-order valence-electron chi connectivity index (χ3n) is 5.79. The van der Waals surface area contributed by atoms with Crippen LogP contribution in [0.2, 0.25) is 0 Å². The van der Waals surface area contributed by atoms with Gasteiger partial charge in [-0.2, -0.15) is 0 Å². The van der Waals surface area contributed by atoms with Crippen LogP contribution < -0.4 is 4.72 Å². The molecule has 0 radical (unpaired) electrons. The largest absolute Gasteiger partial charge is 0.212 e. The zero-order valence-electron chi connectivity index (χ0n) is 13.3. The van der Waals surface area contributed by atoms with Crippen molar-refractivity contribution in [2.75, 3.05) is 11.6 Å². The second-order valence-corrected chi connectivity index (χ2v) is 10.9. The average molecular weight is 334 g/mol. The lowest BCUT2D eigenvalue weighted by atomic mass is 9.43. The van der Waals surface area contributed by atoms with E-state index in [4.69, 9.17) is 11.6 Å². The Labute approximate surface area is 134 Å². The van der Waals surface area contributed by atoms with Crippen LogP contribution in [0.4, 0.5) is 0 Å². The Morgan fingerprint density at radius 2 is 1.67 bits per heavy atom. The summed E-state index contributed by atoms with van der Waals surface area (Å²) in [6, 6.07) is 0. The lowest BCUT2D eigenvalue weighted by Gasteiger charge is -2.65. The first-order chi connectivity index (χ1) is 9.67. The molecule has 4 saturated carbocycles. The number of unbranched alkanes of at least 4 members (excludes halogenated alkanes) is 1. The van der Waals surface area contributed by atoms with Crippen molar-refractivity contribution >= 4 is 21.6 Å². The van der Waals surface area contributed by atoms with Crippen molar-refractivity contribution in [3.8, 4) is 0 Å². The summed E-state index contributed by atoms with van der Waals surface area (Å²) in [6.07, 6.45) is 8.39. The smallest absolute Gasteiger partial charge is 0.212 e. The molecule has 5 heteroatoms. The average Bonchev–Trinajstić information content (AvgIpc) is 2.21. The third-order valence-corrected chi connectivity index (χ3v) is 7.63. The molecule has 2 unspecified atom stereocenters. The van der Waals surface area contributed by atoms with Gasteiger partial charge in [-0.1, -0.05) is 13.8 Å². The zero-order chi connectivity index (χ0) is 15.4. The number of alkyl halides is 1. The van der Waals surface area contributed by atoms with Gasteiger partial charge in [-0.05, 0) is 68.1 Å². The lowest BCUT2D eigenvalue weighted by molar-refractivity contribution is -0.110.